The van der Waals surface area contributed by atoms with Crippen LogP contribution in [-0.2, 0) is 6.42 Å². The second kappa shape index (κ2) is 4.65. The number of rotatable bonds is 2. The molecular weight excluding hydrogens is 292 g/mol. The van der Waals surface area contributed by atoms with Gasteiger partial charge in [-0.05, 0) is 37.0 Å². The molecule has 0 unspecified atom stereocenters. The maximum atomic E-state index is 13.2. The van der Waals surface area contributed by atoms with E-state index in [2.05, 4.69) is 6.07 Å². The summed E-state index contributed by atoms with van der Waals surface area (Å²) >= 11 is 0. The van der Waals surface area contributed by atoms with E-state index in [1.165, 1.54) is 24.8 Å². The van der Waals surface area contributed by atoms with Gasteiger partial charge in [0.1, 0.15) is 0 Å². The molecule has 23 heavy (non-hydrogen) atoms. The highest BCUT2D eigenvalue weighted by molar-refractivity contribution is 6.12. The van der Waals surface area contributed by atoms with Crippen LogP contribution in [0.1, 0.15) is 28.8 Å². The van der Waals surface area contributed by atoms with E-state index in [1.807, 2.05) is 23.1 Å². The summed E-state index contributed by atoms with van der Waals surface area (Å²) in [7, 11) is 1.45. The number of fused-ring (bicyclic) bond motifs is 1. The summed E-state index contributed by atoms with van der Waals surface area (Å²) in [6, 6.07) is 10.9. The van der Waals surface area contributed by atoms with Gasteiger partial charge in [0.25, 0.3) is 5.91 Å². The molecule has 1 saturated carbocycles. The molecule has 0 radical (unpaired) electrons. The number of ether oxygens (including phenoxy) is 1. The Morgan fingerprint density at radius 2 is 2.04 bits per heavy atom. The third kappa shape index (κ3) is 1.96. The Hall–Kier alpha value is -2.69. The van der Waals surface area contributed by atoms with Crippen LogP contribution in [0.3, 0.4) is 0 Å². The number of nitrogens with two attached hydrogens (primary N) is 1. The Kier molecular flexibility index (Phi) is 2.82. The highest BCUT2D eigenvalue weighted by Crippen LogP contribution is 2.53. The number of phenols is 1. The van der Waals surface area contributed by atoms with Crippen LogP contribution >= 0.6 is 0 Å². The summed E-state index contributed by atoms with van der Waals surface area (Å²) in [5.41, 5.74) is 8.66. The third-order valence-electron chi connectivity index (χ3n) is 4.84. The first-order chi connectivity index (χ1) is 11.1. The number of para-hydroxylation sites is 1. The smallest absolute Gasteiger partial charge is 0.261 e. The van der Waals surface area contributed by atoms with Crippen molar-refractivity contribution in [3.8, 4) is 11.5 Å². The molecule has 1 amide bonds. The predicted octanol–water partition coefficient (Wildman–Crippen LogP) is 2.72. The van der Waals surface area contributed by atoms with E-state index in [-0.39, 0.29) is 28.6 Å². The Morgan fingerprint density at radius 3 is 2.74 bits per heavy atom. The number of nitrogen functional groups attached to an aromatic ring is 1. The van der Waals surface area contributed by atoms with Gasteiger partial charge in [-0.1, -0.05) is 18.2 Å². The molecule has 2 aromatic rings. The van der Waals surface area contributed by atoms with Gasteiger partial charge < -0.3 is 20.5 Å². The van der Waals surface area contributed by atoms with Crippen LogP contribution in [0.5, 0.6) is 11.5 Å². The quantitative estimate of drug-likeness (QED) is 0.836. The largest absolute Gasteiger partial charge is 0.504 e. The minimum Gasteiger partial charge on any atom is -0.504 e. The number of hydrogen-bond donors (Lipinski definition) is 2. The molecule has 3 N–H and O–H groups in total. The molecule has 0 saturated heterocycles. The topological polar surface area (TPSA) is 75.8 Å². The van der Waals surface area contributed by atoms with Crippen molar-refractivity contribution >= 4 is 17.3 Å². The van der Waals surface area contributed by atoms with E-state index < -0.39 is 0 Å². The van der Waals surface area contributed by atoms with Crippen molar-refractivity contribution in [2.45, 2.75) is 24.8 Å². The van der Waals surface area contributed by atoms with Crippen LogP contribution in [0.2, 0.25) is 0 Å². The molecule has 0 aromatic heterocycles. The van der Waals surface area contributed by atoms with Gasteiger partial charge in [-0.3, -0.25) is 4.79 Å². The number of benzene rings is 2. The lowest BCUT2D eigenvalue weighted by Gasteiger charge is -2.26. The molecule has 5 nitrogen and oxygen atoms in total. The minimum atomic E-state index is -0.136. The first-order valence-corrected chi connectivity index (χ1v) is 7.65. The van der Waals surface area contributed by atoms with Crippen LogP contribution in [-0.4, -0.2) is 23.7 Å². The molecule has 1 aliphatic carbocycles. The number of phenolic OH excluding ortho intramolecular Hbond substituents is 1. The Morgan fingerprint density at radius 1 is 1.30 bits per heavy atom. The molecule has 4 rings (SSSR count). The number of aromatic hydroxyl groups is 1. The first-order valence-electron chi connectivity index (χ1n) is 7.65. The minimum absolute atomic E-state index is 0.0653. The van der Waals surface area contributed by atoms with E-state index >= 15 is 0 Å². The highest BCUT2D eigenvalue weighted by atomic mass is 16.5. The predicted molar refractivity (Wildman–Crippen MR) is 88.0 cm³/mol. The molecule has 0 bridgehead atoms. The zero-order chi connectivity index (χ0) is 16.2. The highest BCUT2D eigenvalue weighted by Gasteiger charge is 2.55. The summed E-state index contributed by atoms with van der Waals surface area (Å²) in [5.74, 6) is 0.0487. The summed E-state index contributed by atoms with van der Waals surface area (Å²) in [5, 5.41) is 9.81. The lowest BCUT2D eigenvalue weighted by atomic mass is 10.1. The summed E-state index contributed by atoms with van der Waals surface area (Å²) in [6.45, 7) is 0. The lowest BCUT2D eigenvalue weighted by Crippen LogP contribution is -2.39. The molecule has 0 atom stereocenters. The van der Waals surface area contributed by atoms with Crippen LogP contribution in [0.4, 0.5) is 11.4 Å². The Balaban J connectivity index is 1.81. The van der Waals surface area contributed by atoms with Crippen molar-refractivity contribution in [3.05, 3.63) is 47.5 Å². The molecule has 1 aliphatic heterocycles. The molecule has 2 aliphatic rings. The van der Waals surface area contributed by atoms with Gasteiger partial charge in [-0.25, -0.2) is 0 Å². The zero-order valence-corrected chi connectivity index (χ0v) is 12.9. The van der Waals surface area contributed by atoms with Crippen molar-refractivity contribution in [3.63, 3.8) is 0 Å². The average molecular weight is 310 g/mol. The van der Waals surface area contributed by atoms with Gasteiger partial charge in [-0.2, -0.15) is 0 Å². The van der Waals surface area contributed by atoms with E-state index in [0.29, 0.717) is 5.56 Å². The van der Waals surface area contributed by atoms with Gasteiger partial charge in [0.05, 0.1) is 18.2 Å². The number of nitrogens with zero attached hydrogens (tertiary/aromatic N) is 1. The van der Waals surface area contributed by atoms with Crippen molar-refractivity contribution < 1.29 is 14.6 Å². The average Bonchev–Trinajstić information content (AvgIpc) is 3.20. The van der Waals surface area contributed by atoms with E-state index in [1.54, 1.807) is 0 Å². The number of amides is 1. The number of carbonyl (C=O) groups excluding carboxylic acids is 1. The molecule has 1 spiro atoms. The summed E-state index contributed by atoms with van der Waals surface area (Å²) in [4.78, 5) is 15.1. The van der Waals surface area contributed by atoms with Gasteiger partial charge in [0.15, 0.2) is 11.5 Å². The van der Waals surface area contributed by atoms with E-state index in [0.717, 1.165) is 24.9 Å². The number of hydrogen-bond acceptors (Lipinski definition) is 4. The van der Waals surface area contributed by atoms with Crippen LogP contribution in [0.15, 0.2) is 36.4 Å². The monoisotopic (exact) mass is 310 g/mol. The van der Waals surface area contributed by atoms with E-state index in [4.69, 9.17) is 10.5 Å². The lowest BCUT2D eigenvalue weighted by molar-refractivity contribution is 0.0977. The van der Waals surface area contributed by atoms with Crippen LogP contribution in [0, 0.1) is 0 Å². The maximum absolute atomic E-state index is 13.2. The SMILES string of the molecule is COc1cc(C(=O)N2c3ccccc3CC23CC3)c(N)cc1O. The molecule has 1 fully saturated rings. The zero-order valence-electron chi connectivity index (χ0n) is 12.9. The number of carbonyl (C=O) groups is 1. The fourth-order valence-corrected chi connectivity index (χ4v) is 3.49. The van der Waals surface area contributed by atoms with Gasteiger partial charge in [-0.15, -0.1) is 0 Å². The van der Waals surface area contributed by atoms with E-state index in [9.17, 15) is 9.90 Å². The van der Waals surface area contributed by atoms with Crippen molar-refractivity contribution in [2.75, 3.05) is 17.7 Å². The summed E-state index contributed by atoms with van der Waals surface area (Å²) < 4.78 is 5.11. The molecule has 5 heteroatoms. The molecule has 2 aromatic carbocycles. The second-order valence-electron chi connectivity index (χ2n) is 6.28. The number of anilines is 2. The van der Waals surface area contributed by atoms with Crippen molar-refractivity contribution in [1.82, 2.24) is 0 Å². The fraction of sp³-hybridized carbons (Fsp3) is 0.278. The Bertz CT molecular complexity index is 812. The number of methoxy groups -OCH3 is 1. The van der Waals surface area contributed by atoms with Gasteiger partial charge in [0.2, 0.25) is 0 Å². The maximum Gasteiger partial charge on any atom is 0.261 e. The first kappa shape index (κ1) is 13.9. The van der Waals surface area contributed by atoms with Crippen LogP contribution < -0.4 is 15.4 Å². The molecular formula is C18H18N2O3. The molecule has 118 valence electrons. The standard InChI is InChI=1S/C18H18N2O3/c1-23-16-8-12(13(19)9-15(16)21)17(22)20-14-5-3-2-4-11(14)10-18(20)6-7-18/h2-5,8-9,21H,6-7,10,19H2,1H3. The second-order valence-corrected chi connectivity index (χ2v) is 6.28. The fourth-order valence-electron chi connectivity index (χ4n) is 3.49. The van der Waals surface area contributed by atoms with Crippen molar-refractivity contribution in [1.29, 1.82) is 0 Å². The van der Waals surface area contributed by atoms with Crippen molar-refractivity contribution in [2.24, 2.45) is 0 Å². The van der Waals surface area contributed by atoms with Crippen LogP contribution in [0.25, 0.3) is 0 Å². The molecule has 1 heterocycles. The van der Waals surface area contributed by atoms with Gasteiger partial charge in [0, 0.05) is 17.4 Å². The third-order valence-corrected chi connectivity index (χ3v) is 4.84. The Labute approximate surface area is 134 Å². The van der Waals surface area contributed by atoms with Gasteiger partial charge >= 0.3 is 0 Å². The summed E-state index contributed by atoms with van der Waals surface area (Å²) in [6.07, 6.45) is 2.90. The normalized spacial score (nSPS) is 17.2.